The third-order valence-corrected chi connectivity index (χ3v) is 4.81. The monoisotopic (exact) mass is 392 g/mol. The van der Waals surface area contributed by atoms with Crippen LogP contribution in [0.3, 0.4) is 0 Å². The van der Waals surface area contributed by atoms with Gasteiger partial charge in [0.25, 0.3) is 5.91 Å². The molecular formula is C22H20N2O5. The number of para-hydroxylation sites is 1. The van der Waals surface area contributed by atoms with Gasteiger partial charge in [0, 0.05) is 24.0 Å². The van der Waals surface area contributed by atoms with E-state index in [-0.39, 0.29) is 17.9 Å². The lowest BCUT2D eigenvalue weighted by molar-refractivity contribution is -0.117. The maximum absolute atomic E-state index is 12.6. The number of carbonyl (C=O) groups is 2. The molecule has 1 atom stereocenters. The van der Waals surface area contributed by atoms with Gasteiger partial charge in [-0.2, -0.15) is 0 Å². The molecule has 1 saturated heterocycles. The van der Waals surface area contributed by atoms with E-state index in [2.05, 4.69) is 5.32 Å². The van der Waals surface area contributed by atoms with Crippen LogP contribution in [-0.4, -0.2) is 31.0 Å². The summed E-state index contributed by atoms with van der Waals surface area (Å²) in [5, 5.41) is 3.44. The fourth-order valence-electron chi connectivity index (χ4n) is 3.43. The van der Waals surface area contributed by atoms with Crippen LogP contribution in [0.1, 0.15) is 23.7 Å². The Morgan fingerprint density at radius 3 is 2.69 bits per heavy atom. The number of nitrogens with zero attached hydrogens (tertiary/aromatic N) is 1. The first-order valence-electron chi connectivity index (χ1n) is 9.42. The van der Waals surface area contributed by atoms with Gasteiger partial charge in [-0.15, -0.1) is 0 Å². The minimum absolute atomic E-state index is 0.0735. The van der Waals surface area contributed by atoms with Crippen molar-refractivity contribution in [1.82, 2.24) is 5.32 Å². The van der Waals surface area contributed by atoms with Crippen molar-refractivity contribution in [2.75, 3.05) is 18.1 Å². The molecule has 1 aliphatic heterocycles. The average molecular weight is 392 g/mol. The fourth-order valence-corrected chi connectivity index (χ4v) is 3.43. The van der Waals surface area contributed by atoms with E-state index in [1.54, 1.807) is 41.3 Å². The number of rotatable bonds is 5. The smallest absolute Gasteiger partial charge is 0.349 e. The van der Waals surface area contributed by atoms with Crippen molar-refractivity contribution in [2.45, 2.75) is 19.4 Å². The van der Waals surface area contributed by atoms with Crippen molar-refractivity contribution in [3.8, 4) is 5.75 Å². The molecule has 2 aromatic carbocycles. The number of benzene rings is 2. The molecule has 1 N–H and O–H groups in total. The van der Waals surface area contributed by atoms with Crippen LogP contribution in [0.25, 0.3) is 11.0 Å². The highest BCUT2D eigenvalue weighted by atomic mass is 16.5. The quantitative estimate of drug-likeness (QED) is 0.675. The largest absolute Gasteiger partial charge is 0.494 e. The second-order valence-corrected chi connectivity index (χ2v) is 6.79. The van der Waals surface area contributed by atoms with Crippen LogP contribution in [0, 0.1) is 0 Å². The van der Waals surface area contributed by atoms with E-state index in [1.165, 1.54) is 6.07 Å². The summed E-state index contributed by atoms with van der Waals surface area (Å²) < 4.78 is 10.6. The highest BCUT2D eigenvalue weighted by molar-refractivity contribution is 5.99. The highest BCUT2D eigenvalue weighted by Crippen LogP contribution is 2.24. The Labute approximate surface area is 166 Å². The van der Waals surface area contributed by atoms with Gasteiger partial charge >= 0.3 is 5.63 Å². The maximum atomic E-state index is 12.6. The van der Waals surface area contributed by atoms with E-state index >= 15 is 0 Å². The summed E-state index contributed by atoms with van der Waals surface area (Å²) in [7, 11) is 0. The fraction of sp³-hybridized carbons (Fsp3) is 0.227. The second kappa shape index (κ2) is 7.79. The van der Waals surface area contributed by atoms with Crippen molar-refractivity contribution >= 4 is 28.5 Å². The molecule has 1 aromatic heterocycles. The molecule has 1 aliphatic rings. The van der Waals surface area contributed by atoms with Crippen LogP contribution in [0.2, 0.25) is 0 Å². The van der Waals surface area contributed by atoms with E-state index in [1.807, 2.05) is 19.1 Å². The third kappa shape index (κ3) is 3.85. The molecule has 7 heteroatoms. The molecule has 29 heavy (non-hydrogen) atoms. The van der Waals surface area contributed by atoms with E-state index in [0.29, 0.717) is 24.1 Å². The van der Waals surface area contributed by atoms with Crippen LogP contribution in [0.4, 0.5) is 5.69 Å². The number of anilines is 1. The molecule has 1 fully saturated rings. The molecule has 0 radical (unpaired) electrons. The number of amides is 2. The van der Waals surface area contributed by atoms with Gasteiger partial charge in [-0.05, 0) is 43.3 Å². The van der Waals surface area contributed by atoms with Crippen molar-refractivity contribution in [1.29, 1.82) is 0 Å². The zero-order valence-electron chi connectivity index (χ0n) is 15.9. The van der Waals surface area contributed by atoms with Crippen molar-refractivity contribution in [2.24, 2.45) is 0 Å². The zero-order valence-corrected chi connectivity index (χ0v) is 15.9. The van der Waals surface area contributed by atoms with E-state index in [4.69, 9.17) is 9.15 Å². The third-order valence-electron chi connectivity index (χ3n) is 4.81. The highest BCUT2D eigenvalue weighted by Gasteiger charge is 2.32. The number of hydrogen-bond acceptors (Lipinski definition) is 5. The minimum Gasteiger partial charge on any atom is -0.494 e. The van der Waals surface area contributed by atoms with Gasteiger partial charge in [-0.1, -0.05) is 18.2 Å². The standard InChI is InChI=1S/C22H20N2O5/c1-2-28-17-9-7-16(8-10-17)24-13-15(12-20(24)25)23-21(26)18-11-14-5-3-4-6-19(14)29-22(18)27/h3-11,15H,2,12-13H2,1H3,(H,23,26)/t15-/m1/s1. The predicted octanol–water partition coefficient (Wildman–Crippen LogP) is 2.73. The summed E-state index contributed by atoms with van der Waals surface area (Å²) in [6.45, 7) is 2.80. The Hall–Kier alpha value is -3.61. The number of carbonyl (C=O) groups excluding carboxylic acids is 2. The van der Waals surface area contributed by atoms with Gasteiger partial charge in [0.2, 0.25) is 5.91 Å². The summed E-state index contributed by atoms with van der Waals surface area (Å²) in [5.74, 6) is 0.0941. The molecular weight excluding hydrogens is 372 g/mol. The number of nitrogens with one attached hydrogen (secondary N) is 1. The lowest BCUT2D eigenvalue weighted by atomic mass is 10.1. The molecule has 0 saturated carbocycles. The summed E-state index contributed by atoms with van der Waals surface area (Å²) in [6.07, 6.45) is 0.165. The molecule has 3 aromatic rings. The van der Waals surface area contributed by atoms with Gasteiger partial charge < -0.3 is 19.4 Å². The van der Waals surface area contributed by atoms with E-state index in [9.17, 15) is 14.4 Å². The molecule has 2 amide bonds. The molecule has 0 unspecified atom stereocenters. The SMILES string of the molecule is CCOc1ccc(N2C[C@H](NC(=O)c3cc4ccccc4oc3=O)CC2=O)cc1. The molecule has 0 aliphatic carbocycles. The number of ether oxygens (including phenoxy) is 1. The van der Waals surface area contributed by atoms with Crippen molar-refractivity contribution < 1.29 is 18.7 Å². The van der Waals surface area contributed by atoms with Crippen molar-refractivity contribution in [3.63, 3.8) is 0 Å². The zero-order chi connectivity index (χ0) is 20.4. The summed E-state index contributed by atoms with van der Waals surface area (Å²) in [6, 6.07) is 15.3. The van der Waals surface area contributed by atoms with Gasteiger partial charge in [0.1, 0.15) is 16.9 Å². The average Bonchev–Trinajstić information content (AvgIpc) is 3.08. The van der Waals surface area contributed by atoms with Crippen LogP contribution in [0.15, 0.2) is 63.8 Å². The lowest BCUT2D eigenvalue weighted by Crippen LogP contribution is -2.39. The summed E-state index contributed by atoms with van der Waals surface area (Å²) in [5.41, 5.74) is 0.386. The van der Waals surface area contributed by atoms with Crippen LogP contribution >= 0.6 is 0 Å². The predicted molar refractivity (Wildman–Crippen MR) is 108 cm³/mol. The molecule has 148 valence electrons. The lowest BCUT2D eigenvalue weighted by Gasteiger charge is -2.17. The summed E-state index contributed by atoms with van der Waals surface area (Å²) in [4.78, 5) is 38.8. The van der Waals surface area contributed by atoms with Crippen LogP contribution in [-0.2, 0) is 4.79 Å². The topological polar surface area (TPSA) is 88.8 Å². The molecule has 0 bridgehead atoms. The first-order valence-corrected chi connectivity index (χ1v) is 9.42. The maximum Gasteiger partial charge on any atom is 0.349 e. The normalized spacial score (nSPS) is 16.2. The molecule has 7 nitrogen and oxygen atoms in total. The Balaban J connectivity index is 1.48. The Bertz CT molecular complexity index is 1120. The first kappa shape index (κ1) is 18.7. The van der Waals surface area contributed by atoms with Crippen LogP contribution < -0.4 is 20.6 Å². The van der Waals surface area contributed by atoms with Gasteiger partial charge in [-0.25, -0.2) is 4.79 Å². The number of hydrogen-bond donors (Lipinski definition) is 1. The van der Waals surface area contributed by atoms with Crippen molar-refractivity contribution in [3.05, 3.63) is 70.6 Å². The van der Waals surface area contributed by atoms with Gasteiger partial charge in [0.05, 0.1) is 12.6 Å². The van der Waals surface area contributed by atoms with Gasteiger partial charge in [0.15, 0.2) is 0 Å². The van der Waals surface area contributed by atoms with Crippen LogP contribution in [0.5, 0.6) is 5.75 Å². The number of fused-ring (bicyclic) bond motifs is 1. The first-order chi connectivity index (χ1) is 14.0. The van der Waals surface area contributed by atoms with E-state index < -0.39 is 17.6 Å². The minimum atomic E-state index is -0.700. The second-order valence-electron chi connectivity index (χ2n) is 6.79. The Morgan fingerprint density at radius 1 is 1.17 bits per heavy atom. The molecule has 2 heterocycles. The Morgan fingerprint density at radius 2 is 1.93 bits per heavy atom. The molecule has 4 rings (SSSR count). The molecule has 0 spiro atoms. The van der Waals surface area contributed by atoms with Gasteiger partial charge in [-0.3, -0.25) is 9.59 Å². The summed E-state index contributed by atoms with van der Waals surface area (Å²) >= 11 is 0. The van der Waals surface area contributed by atoms with E-state index in [0.717, 1.165) is 11.4 Å². The Kier molecular flexibility index (Phi) is 5.03.